The minimum Gasteiger partial charge on any atom is -0.300 e. The quantitative estimate of drug-likeness (QED) is 0.400. The number of nitro groups is 1. The smallest absolute Gasteiger partial charge is 0.288 e. The van der Waals surface area contributed by atoms with E-state index in [4.69, 9.17) is 34.8 Å². The summed E-state index contributed by atoms with van der Waals surface area (Å²) >= 11 is 18.9. The lowest BCUT2D eigenvalue weighted by molar-refractivity contribution is -0.384. The summed E-state index contributed by atoms with van der Waals surface area (Å²) in [5.41, 5.74) is 0.662. The fourth-order valence-electron chi connectivity index (χ4n) is 2.08. The number of hydrogen-bond acceptors (Lipinski definition) is 5. The average Bonchev–Trinajstić information content (AvgIpc) is 2.93. The number of amidine groups is 1. The summed E-state index contributed by atoms with van der Waals surface area (Å²) in [6.45, 7) is 0. The number of benzene rings is 2. The Morgan fingerprint density at radius 2 is 1.92 bits per heavy atom. The van der Waals surface area contributed by atoms with Gasteiger partial charge in [0, 0.05) is 6.07 Å². The van der Waals surface area contributed by atoms with Gasteiger partial charge in [-0.25, -0.2) is 4.99 Å². The number of nitrogens with zero attached hydrogens (tertiary/aromatic N) is 2. The fourth-order valence-corrected chi connectivity index (χ4v) is 3.44. The zero-order valence-electron chi connectivity index (χ0n) is 12.7. The summed E-state index contributed by atoms with van der Waals surface area (Å²) in [7, 11) is 0. The van der Waals surface area contributed by atoms with Crippen molar-refractivity contribution in [2.24, 2.45) is 4.99 Å². The molecule has 2 aromatic carbocycles. The number of nitro benzene ring substituents is 1. The molecule has 0 bridgehead atoms. The molecule has 26 heavy (non-hydrogen) atoms. The SMILES string of the molecule is O=C1NC(=Nc2cccc(Cl)c2Cl)SC1=Cc1ccc(Cl)c([N+](=O)[O-])c1. The van der Waals surface area contributed by atoms with Crippen molar-refractivity contribution < 1.29 is 9.72 Å². The van der Waals surface area contributed by atoms with Crippen LogP contribution < -0.4 is 5.32 Å². The third-order valence-electron chi connectivity index (χ3n) is 3.27. The molecule has 0 aromatic heterocycles. The lowest BCUT2D eigenvalue weighted by Crippen LogP contribution is -2.19. The van der Waals surface area contributed by atoms with Crippen LogP contribution in [-0.2, 0) is 4.79 Å². The summed E-state index contributed by atoms with van der Waals surface area (Å²) in [5, 5.41) is 14.6. The van der Waals surface area contributed by atoms with Crippen LogP contribution >= 0.6 is 46.6 Å². The first-order valence-corrected chi connectivity index (χ1v) is 8.98. The van der Waals surface area contributed by atoms with Crippen molar-refractivity contribution in [2.45, 2.75) is 0 Å². The average molecular weight is 429 g/mol. The Labute approximate surface area is 167 Å². The van der Waals surface area contributed by atoms with Gasteiger partial charge in [-0.2, -0.15) is 0 Å². The number of aliphatic imine (C=N–C) groups is 1. The van der Waals surface area contributed by atoms with Gasteiger partial charge in [-0.3, -0.25) is 14.9 Å². The number of thioether (sulfide) groups is 1. The molecule has 0 spiro atoms. The Hall–Kier alpha value is -2.06. The lowest BCUT2D eigenvalue weighted by atomic mass is 10.2. The molecule has 3 rings (SSSR count). The molecule has 0 unspecified atom stereocenters. The molecule has 0 aliphatic carbocycles. The first-order valence-electron chi connectivity index (χ1n) is 7.02. The number of nitrogens with one attached hydrogen (secondary N) is 1. The van der Waals surface area contributed by atoms with E-state index in [1.54, 1.807) is 24.3 Å². The van der Waals surface area contributed by atoms with Gasteiger partial charge in [0.25, 0.3) is 11.6 Å². The van der Waals surface area contributed by atoms with E-state index in [2.05, 4.69) is 10.3 Å². The van der Waals surface area contributed by atoms with Crippen molar-refractivity contribution in [3.8, 4) is 0 Å². The fraction of sp³-hybridized carbons (Fsp3) is 0. The molecule has 1 amide bonds. The van der Waals surface area contributed by atoms with Crippen LogP contribution in [-0.4, -0.2) is 16.0 Å². The van der Waals surface area contributed by atoms with Crippen molar-refractivity contribution in [1.29, 1.82) is 0 Å². The highest BCUT2D eigenvalue weighted by molar-refractivity contribution is 8.18. The number of carbonyl (C=O) groups excluding carboxylic acids is 1. The maximum absolute atomic E-state index is 12.1. The second kappa shape index (κ2) is 7.67. The molecule has 1 heterocycles. The molecule has 1 aliphatic heterocycles. The third kappa shape index (κ3) is 4.02. The molecule has 1 aliphatic rings. The van der Waals surface area contributed by atoms with Crippen molar-refractivity contribution in [2.75, 3.05) is 0 Å². The Balaban J connectivity index is 1.89. The van der Waals surface area contributed by atoms with Crippen molar-refractivity contribution in [3.63, 3.8) is 0 Å². The molecule has 0 saturated carbocycles. The first-order chi connectivity index (χ1) is 12.3. The zero-order valence-corrected chi connectivity index (χ0v) is 15.8. The predicted octanol–water partition coefficient (Wildman–Crippen LogP) is 5.45. The second-order valence-corrected chi connectivity index (χ2v) is 7.25. The zero-order chi connectivity index (χ0) is 18.8. The van der Waals surface area contributed by atoms with Crippen molar-refractivity contribution in [3.05, 3.63) is 72.0 Å². The van der Waals surface area contributed by atoms with Gasteiger partial charge in [0.1, 0.15) is 5.02 Å². The molecule has 10 heteroatoms. The van der Waals surface area contributed by atoms with Crippen LogP contribution in [0.2, 0.25) is 15.1 Å². The van der Waals surface area contributed by atoms with Crippen LogP contribution in [0, 0.1) is 10.1 Å². The Morgan fingerprint density at radius 1 is 1.15 bits per heavy atom. The minimum absolute atomic E-state index is 0.0264. The number of hydrogen-bond donors (Lipinski definition) is 1. The highest BCUT2D eigenvalue weighted by Gasteiger charge is 2.24. The van der Waals surface area contributed by atoms with Gasteiger partial charge in [-0.15, -0.1) is 0 Å². The van der Waals surface area contributed by atoms with Crippen LogP contribution in [0.1, 0.15) is 5.56 Å². The van der Waals surface area contributed by atoms with E-state index in [-0.39, 0.29) is 21.6 Å². The predicted molar refractivity (Wildman–Crippen MR) is 105 cm³/mol. The van der Waals surface area contributed by atoms with Crippen LogP contribution in [0.25, 0.3) is 6.08 Å². The highest BCUT2D eigenvalue weighted by Crippen LogP contribution is 2.35. The molecule has 2 aromatic rings. The number of halogens is 3. The van der Waals surface area contributed by atoms with Crippen molar-refractivity contribution >= 4 is 75.1 Å². The van der Waals surface area contributed by atoms with Crippen LogP contribution in [0.15, 0.2) is 46.3 Å². The van der Waals surface area contributed by atoms with Crippen molar-refractivity contribution in [1.82, 2.24) is 5.32 Å². The molecule has 1 fully saturated rings. The number of rotatable bonds is 3. The van der Waals surface area contributed by atoms with E-state index in [0.29, 0.717) is 26.3 Å². The minimum atomic E-state index is -0.583. The monoisotopic (exact) mass is 427 g/mol. The van der Waals surface area contributed by atoms with Crippen LogP contribution in [0.5, 0.6) is 0 Å². The van der Waals surface area contributed by atoms with Gasteiger partial charge < -0.3 is 5.32 Å². The van der Waals surface area contributed by atoms with E-state index >= 15 is 0 Å². The Kier molecular flexibility index (Phi) is 5.52. The molecule has 0 radical (unpaired) electrons. The summed E-state index contributed by atoms with van der Waals surface area (Å²) in [6.07, 6.45) is 1.52. The molecule has 6 nitrogen and oxygen atoms in total. The maximum Gasteiger partial charge on any atom is 0.288 e. The third-order valence-corrected chi connectivity index (χ3v) is 5.31. The van der Waals surface area contributed by atoms with Gasteiger partial charge in [0.2, 0.25) is 0 Å². The molecule has 1 saturated heterocycles. The second-order valence-electron chi connectivity index (χ2n) is 5.02. The van der Waals surface area contributed by atoms with E-state index in [1.165, 1.54) is 18.2 Å². The van der Waals surface area contributed by atoms with Crippen LogP contribution in [0.4, 0.5) is 11.4 Å². The van der Waals surface area contributed by atoms with Gasteiger partial charge >= 0.3 is 0 Å². The normalized spacial score (nSPS) is 17.0. The molecule has 0 atom stereocenters. The van der Waals surface area contributed by atoms with E-state index in [9.17, 15) is 14.9 Å². The highest BCUT2D eigenvalue weighted by atomic mass is 35.5. The Morgan fingerprint density at radius 3 is 2.65 bits per heavy atom. The van der Waals surface area contributed by atoms with E-state index < -0.39 is 4.92 Å². The molecule has 132 valence electrons. The topological polar surface area (TPSA) is 84.6 Å². The van der Waals surface area contributed by atoms with Crippen LogP contribution in [0.3, 0.4) is 0 Å². The van der Waals surface area contributed by atoms with Gasteiger partial charge in [0.15, 0.2) is 5.17 Å². The van der Waals surface area contributed by atoms with Gasteiger partial charge in [-0.05, 0) is 41.6 Å². The number of amides is 1. The summed E-state index contributed by atoms with van der Waals surface area (Å²) in [5.74, 6) is -0.371. The lowest BCUT2D eigenvalue weighted by Gasteiger charge is -2.01. The summed E-state index contributed by atoms with van der Waals surface area (Å²) in [6, 6.07) is 9.28. The molecular weight excluding hydrogens is 421 g/mol. The van der Waals surface area contributed by atoms with E-state index in [1.807, 2.05) is 0 Å². The molecular formula is C16H8Cl3N3O3S. The molecule has 1 N–H and O–H groups in total. The number of carbonyl (C=O) groups is 1. The summed E-state index contributed by atoms with van der Waals surface area (Å²) in [4.78, 5) is 27.1. The summed E-state index contributed by atoms with van der Waals surface area (Å²) < 4.78 is 0. The maximum atomic E-state index is 12.1. The van der Waals surface area contributed by atoms with E-state index in [0.717, 1.165) is 11.8 Å². The van der Waals surface area contributed by atoms with Gasteiger partial charge in [-0.1, -0.05) is 46.9 Å². The Bertz CT molecular complexity index is 992. The van der Waals surface area contributed by atoms with Gasteiger partial charge in [0.05, 0.1) is 25.6 Å². The first kappa shape index (κ1) is 18.7. The standard InChI is InChI=1S/C16H8Cl3N3O3S/c17-9-5-4-8(6-12(9)22(24)25)7-13-15(23)21-16(26-13)20-11-3-1-2-10(18)14(11)19/h1-7H,(H,20,21,23). The largest absolute Gasteiger partial charge is 0.300 e.